The summed E-state index contributed by atoms with van der Waals surface area (Å²) in [5.74, 6) is 0.323. The first-order valence-electron chi connectivity index (χ1n) is 8.38. The maximum atomic E-state index is 12.2. The second-order valence-electron chi connectivity index (χ2n) is 7.73. The van der Waals surface area contributed by atoms with Gasteiger partial charge in [-0.25, -0.2) is 0 Å². The molecule has 0 aliphatic heterocycles. The van der Waals surface area contributed by atoms with E-state index < -0.39 is 0 Å². The van der Waals surface area contributed by atoms with Crippen molar-refractivity contribution in [3.05, 3.63) is 23.5 Å². The van der Waals surface area contributed by atoms with Gasteiger partial charge in [0.25, 0.3) is 0 Å². The third-order valence-electron chi connectivity index (χ3n) is 5.31. The molecule has 0 spiro atoms. The molecule has 2 aliphatic rings. The Balaban J connectivity index is 1.68. The highest BCUT2D eigenvalue weighted by Gasteiger charge is 2.33. The average Bonchev–Trinajstić information content (AvgIpc) is 3.03. The van der Waals surface area contributed by atoms with Crippen LogP contribution in [-0.2, 0) is 13.0 Å². The lowest BCUT2D eigenvalue weighted by molar-refractivity contribution is 0.0909. The molecule has 1 aromatic rings. The fourth-order valence-corrected chi connectivity index (χ4v) is 4.00. The summed E-state index contributed by atoms with van der Waals surface area (Å²) in [4.78, 5) is 14.7. The van der Waals surface area contributed by atoms with Gasteiger partial charge in [-0.1, -0.05) is 26.7 Å². The maximum Gasteiger partial charge on any atom is 0.165 e. The lowest BCUT2D eigenvalue weighted by atomic mass is 9.76. The van der Waals surface area contributed by atoms with E-state index in [1.165, 1.54) is 31.4 Å². The van der Waals surface area contributed by atoms with Gasteiger partial charge in [-0.05, 0) is 37.8 Å². The Kier molecular flexibility index (Phi) is 3.96. The number of aromatic nitrogens is 1. The minimum atomic E-state index is 0.109. The minimum absolute atomic E-state index is 0.109. The molecule has 0 atom stereocenters. The Bertz CT molecular complexity index is 523. The number of fused-ring (bicyclic) bond motifs is 1. The number of Topliss-reactive ketones (excluding diaryl/α,β-unsaturated/α-hetero) is 1. The Labute approximate surface area is 128 Å². The highest BCUT2D eigenvalue weighted by molar-refractivity contribution is 5.98. The largest absolute Gasteiger partial charge is 0.349 e. The number of likely N-dealkylation sites (N-methyl/N-ethyl adjacent to an activating group) is 1. The molecule has 0 radical (unpaired) electrons. The number of hydrogen-bond acceptors (Lipinski definition) is 2. The van der Waals surface area contributed by atoms with E-state index in [9.17, 15) is 4.79 Å². The van der Waals surface area contributed by atoms with E-state index in [1.54, 1.807) is 0 Å². The van der Waals surface area contributed by atoms with E-state index in [-0.39, 0.29) is 5.41 Å². The fourth-order valence-electron chi connectivity index (χ4n) is 4.00. The van der Waals surface area contributed by atoms with Gasteiger partial charge in [0.2, 0.25) is 0 Å². The van der Waals surface area contributed by atoms with E-state index >= 15 is 0 Å². The van der Waals surface area contributed by atoms with Crippen LogP contribution in [0.3, 0.4) is 0 Å². The molecule has 21 heavy (non-hydrogen) atoms. The molecule has 0 amide bonds. The molecule has 0 aromatic carbocycles. The summed E-state index contributed by atoms with van der Waals surface area (Å²) < 4.78 is 2.32. The van der Waals surface area contributed by atoms with Crippen LogP contribution in [0.15, 0.2) is 12.3 Å². The molecule has 3 heteroatoms. The van der Waals surface area contributed by atoms with Crippen LogP contribution >= 0.6 is 0 Å². The number of carbonyl (C=O) groups excluding carboxylic acids is 1. The molecule has 0 N–H and O–H groups in total. The smallest absolute Gasteiger partial charge is 0.165 e. The first-order valence-corrected chi connectivity index (χ1v) is 8.38. The van der Waals surface area contributed by atoms with Crippen LogP contribution in [0, 0.1) is 5.41 Å². The van der Waals surface area contributed by atoms with Crippen molar-refractivity contribution in [3.63, 3.8) is 0 Å². The topological polar surface area (TPSA) is 25.2 Å². The summed E-state index contributed by atoms with van der Waals surface area (Å²) in [6.45, 7) is 6.50. The zero-order valence-electron chi connectivity index (χ0n) is 13.7. The van der Waals surface area contributed by atoms with Crippen molar-refractivity contribution in [1.82, 2.24) is 9.47 Å². The Morgan fingerprint density at radius 3 is 2.71 bits per heavy atom. The fraction of sp³-hybridized carbons (Fsp3) is 0.722. The van der Waals surface area contributed by atoms with Crippen LogP contribution in [0.25, 0.3) is 0 Å². The summed E-state index contributed by atoms with van der Waals surface area (Å²) in [7, 11) is 2.25. The van der Waals surface area contributed by atoms with E-state index in [2.05, 4.69) is 36.6 Å². The monoisotopic (exact) mass is 288 g/mol. The molecule has 1 fully saturated rings. The molecular formula is C18H28N2O. The highest BCUT2D eigenvalue weighted by atomic mass is 16.1. The van der Waals surface area contributed by atoms with Crippen LogP contribution in [0.2, 0.25) is 0 Å². The van der Waals surface area contributed by atoms with Gasteiger partial charge < -0.3 is 9.47 Å². The summed E-state index contributed by atoms with van der Waals surface area (Å²) in [5, 5.41) is 0. The second kappa shape index (κ2) is 5.60. The average molecular weight is 288 g/mol. The van der Waals surface area contributed by atoms with Crippen LogP contribution in [0.1, 0.15) is 62.0 Å². The standard InChI is InChI=1S/C18H28N2O/c1-18(2)12-16-15(17(21)13-18)8-9-20(16)11-10-19(3)14-6-4-5-7-14/h8-9,14H,4-7,10-13H2,1-3H3. The molecule has 116 valence electrons. The normalized spacial score (nSPS) is 22.0. The summed E-state index contributed by atoms with van der Waals surface area (Å²) in [5.41, 5.74) is 2.34. The number of hydrogen-bond donors (Lipinski definition) is 0. The zero-order valence-corrected chi connectivity index (χ0v) is 13.7. The quantitative estimate of drug-likeness (QED) is 0.847. The van der Waals surface area contributed by atoms with Gasteiger partial charge in [0.15, 0.2) is 5.78 Å². The maximum absolute atomic E-state index is 12.2. The molecule has 2 aliphatic carbocycles. The summed E-state index contributed by atoms with van der Waals surface area (Å²) in [6.07, 6.45) is 9.30. The highest BCUT2D eigenvalue weighted by Crippen LogP contribution is 2.35. The van der Waals surface area contributed by atoms with Crippen molar-refractivity contribution < 1.29 is 4.79 Å². The van der Waals surface area contributed by atoms with E-state index in [1.807, 2.05) is 6.07 Å². The van der Waals surface area contributed by atoms with Crippen molar-refractivity contribution in [1.29, 1.82) is 0 Å². The van der Waals surface area contributed by atoms with Crippen molar-refractivity contribution >= 4 is 5.78 Å². The number of rotatable bonds is 4. The molecule has 3 rings (SSSR count). The number of carbonyl (C=O) groups is 1. The summed E-state index contributed by atoms with van der Waals surface area (Å²) >= 11 is 0. The molecule has 1 saturated carbocycles. The van der Waals surface area contributed by atoms with Crippen molar-refractivity contribution in [2.75, 3.05) is 13.6 Å². The third kappa shape index (κ3) is 3.08. The van der Waals surface area contributed by atoms with Crippen molar-refractivity contribution in [2.24, 2.45) is 5.41 Å². The predicted octanol–water partition coefficient (Wildman–Crippen LogP) is 3.52. The van der Waals surface area contributed by atoms with Crippen molar-refractivity contribution in [2.45, 2.75) is 65.0 Å². The van der Waals surface area contributed by atoms with Crippen molar-refractivity contribution in [3.8, 4) is 0 Å². The molecule has 1 heterocycles. The molecule has 0 saturated heterocycles. The van der Waals surface area contributed by atoms with Gasteiger partial charge in [-0.2, -0.15) is 0 Å². The molecule has 1 aromatic heterocycles. The zero-order chi connectivity index (χ0) is 15.0. The van der Waals surface area contributed by atoms with Crippen LogP contribution in [0.5, 0.6) is 0 Å². The lowest BCUT2D eigenvalue weighted by Crippen LogP contribution is -2.33. The molecule has 0 unspecified atom stereocenters. The summed E-state index contributed by atoms with van der Waals surface area (Å²) in [6, 6.07) is 2.80. The van der Waals surface area contributed by atoms with Gasteiger partial charge in [-0.3, -0.25) is 4.79 Å². The van der Waals surface area contributed by atoms with Crippen LogP contribution < -0.4 is 0 Å². The van der Waals surface area contributed by atoms with Gasteiger partial charge in [-0.15, -0.1) is 0 Å². The molecule has 3 nitrogen and oxygen atoms in total. The first-order chi connectivity index (χ1) is 9.96. The Morgan fingerprint density at radius 2 is 2.00 bits per heavy atom. The van der Waals surface area contributed by atoms with Gasteiger partial charge in [0, 0.05) is 43.0 Å². The number of nitrogens with zero attached hydrogens (tertiary/aromatic N) is 2. The first kappa shape index (κ1) is 14.8. The van der Waals surface area contributed by atoms with Crippen LogP contribution in [0.4, 0.5) is 0 Å². The lowest BCUT2D eigenvalue weighted by Gasteiger charge is -2.30. The van der Waals surface area contributed by atoms with Gasteiger partial charge in [0.05, 0.1) is 0 Å². The van der Waals surface area contributed by atoms with E-state index in [0.717, 1.165) is 31.1 Å². The van der Waals surface area contributed by atoms with Crippen LogP contribution in [-0.4, -0.2) is 34.9 Å². The molecule has 0 bridgehead atoms. The number of ketones is 1. The minimum Gasteiger partial charge on any atom is -0.349 e. The van der Waals surface area contributed by atoms with Gasteiger partial charge >= 0.3 is 0 Å². The molecular weight excluding hydrogens is 260 g/mol. The Morgan fingerprint density at radius 1 is 1.29 bits per heavy atom. The van der Waals surface area contributed by atoms with E-state index in [4.69, 9.17) is 0 Å². The second-order valence-corrected chi connectivity index (χ2v) is 7.73. The predicted molar refractivity (Wildman–Crippen MR) is 85.8 cm³/mol. The third-order valence-corrected chi connectivity index (χ3v) is 5.31. The van der Waals surface area contributed by atoms with Gasteiger partial charge in [0.1, 0.15) is 0 Å². The Hall–Kier alpha value is -1.09. The van der Waals surface area contributed by atoms with E-state index in [0.29, 0.717) is 12.2 Å². The SMILES string of the molecule is CN(CCn1ccc2c1CC(C)(C)CC2=O)C1CCCC1.